The highest BCUT2D eigenvalue weighted by Gasteiger charge is 2.11. The van der Waals surface area contributed by atoms with Crippen LogP contribution in [0.4, 0.5) is 0 Å². The van der Waals surface area contributed by atoms with E-state index in [4.69, 9.17) is 0 Å². The fourth-order valence-corrected chi connectivity index (χ4v) is 4.08. The van der Waals surface area contributed by atoms with Crippen molar-refractivity contribution < 1.29 is 8.42 Å². The van der Waals surface area contributed by atoms with Crippen LogP contribution in [0.2, 0.25) is 0 Å². The third-order valence-electron chi connectivity index (χ3n) is 2.95. The summed E-state index contributed by atoms with van der Waals surface area (Å²) in [5.41, 5.74) is 1.94. The van der Waals surface area contributed by atoms with Gasteiger partial charge in [0, 0.05) is 29.4 Å². The van der Waals surface area contributed by atoms with Crippen molar-refractivity contribution in [1.29, 1.82) is 0 Å². The van der Waals surface area contributed by atoms with Crippen molar-refractivity contribution in [2.24, 2.45) is 0 Å². The topological polar surface area (TPSA) is 72.0 Å². The normalized spacial score (nSPS) is 11.7. The van der Waals surface area contributed by atoms with Crippen molar-refractivity contribution in [3.63, 3.8) is 0 Å². The number of nitrogens with zero attached hydrogens (tertiary/aromatic N) is 2. The van der Waals surface area contributed by atoms with Crippen LogP contribution in [0.1, 0.15) is 23.9 Å². The Bertz CT molecular complexity index is 681. The highest BCUT2D eigenvalue weighted by molar-refractivity contribution is 7.89. The van der Waals surface area contributed by atoms with E-state index in [1.165, 1.54) is 0 Å². The number of pyridine rings is 1. The van der Waals surface area contributed by atoms with Gasteiger partial charge in [0.1, 0.15) is 5.01 Å². The van der Waals surface area contributed by atoms with E-state index in [2.05, 4.69) is 14.7 Å². The number of hydrogen-bond donors (Lipinski definition) is 1. The molecule has 0 bridgehead atoms. The summed E-state index contributed by atoms with van der Waals surface area (Å²) >= 11 is 1.59. The Morgan fingerprint density at radius 1 is 1.38 bits per heavy atom. The molecule has 0 amide bonds. The average molecular weight is 325 g/mol. The standard InChI is InChI=1S/C14H19N3O2S2/c1-3-9-21(18,19)16-8-6-13-11(2)17-14(20-13)12-5-4-7-15-10-12/h4-5,7,10,16H,3,6,8-9H2,1-2H3. The first kappa shape index (κ1) is 16.1. The molecular formula is C14H19N3O2S2. The molecule has 5 nitrogen and oxygen atoms in total. The summed E-state index contributed by atoms with van der Waals surface area (Å²) in [5, 5.41) is 0.923. The van der Waals surface area contributed by atoms with Crippen molar-refractivity contribution in [2.75, 3.05) is 12.3 Å². The molecule has 0 atom stereocenters. The van der Waals surface area contributed by atoms with Gasteiger partial charge >= 0.3 is 0 Å². The maximum atomic E-state index is 11.6. The number of thiazole rings is 1. The van der Waals surface area contributed by atoms with E-state index in [-0.39, 0.29) is 5.75 Å². The first-order valence-corrected chi connectivity index (χ1v) is 9.32. The van der Waals surface area contributed by atoms with Gasteiger partial charge in [0.05, 0.1) is 11.4 Å². The Kier molecular flexibility index (Phi) is 5.44. The van der Waals surface area contributed by atoms with Gasteiger partial charge in [-0.05, 0) is 31.9 Å². The molecule has 2 rings (SSSR count). The maximum absolute atomic E-state index is 11.6. The number of nitrogens with one attached hydrogen (secondary N) is 1. The third-order valence-corrected chi connectivity index (χ3v) is 5.80. The van der Waals surface area contributed by atoms with Crippen LogP contribution >= 0.6 is 11.3 Å². The molecule has 114 valence electrons. The van der Waals surface area contributed by atoms with Crippen molar-refractivity contribution in [1.82, 2.24) is 14.7 Å². The van der Waals surface area contributed by atoms with Crippen molar-refractivity contribution in [3.05, 3.63) is 35.1 Å². The van der Waals surface area contributed by atoms with Crippen LogP contribution in [0.15, 0.2) is 24.5 Å². The van der Waals surface area contributed by atoms with E-state index < -0.39 is 10.0 Å². The van der Waals surface area contributed by atoms with Crippen molar-refractivity contribution in [3.8, 4) is 10.6 Å². The van der Waals surface area contributed by atoms with Crippen molar-refractivity contribution in [2.45, 2.75) is 26.7 Å². The fourth-order valence-electron chi connectivity index (χ4n) is 1.93. The van der Waals surface area contributed by atoms with E-state index in [0.717, 1.165) is 21.1 Å². The van der Waals surface area contributed by atoms with E-state index in [1.807, 2.05) is 26.0 Å². The second-order valence-electron chi connectivity index (χ2n) is 4.73. The quantitative estimate of drug-likeness (QED) is 0.848. The SMILES string of the molecule is CCCS(=O)(=O)NCCc1sc(-c2cccnc2)nc1C. The zero-order chi connectivity index (χ0) is 15.3. The van der Waals surface area contributed by atoms with Crippen LogP contribution in [0.25, 0.3) is 10.6 Å². The summed E-state index contributed by atoms with van der Waals surface area (Å²) < 4.78 is 25.8. The van der Waals surface area contributed by atoms with Crippen LogP contribution in [0.3, 0.4) is 0 Å². The van der Waals surface area contributed by atoms with E-state index in [0.29, 0.717) is 19.4 Å². The molecule has 0 aliphatic rings. The molecule has 0 spiro atoms. The first-order valence-electron chi connectivity index (χ1n) is 6.86. The van der Waals surface area contributed by atoms with Crippen LogP contribution in [-0.4, -0.2) is 30.7 Å². The molecular weight excluding hydrogens is 306 g/mol. The molecule has 0 radical (unpaired) electrons. The summed E-state index contributed by atoms with van der Waals surface area (Å²) in [4.78, 5) is 9.73. The van der Waals surface area contributed by atoms with Gasteiger partial charge in [-0.15, -0.1) is 11.3 Å². The maximum Gasteiger partial charge on any atom is 0.211 e. The minimum atomic E-state index is -3.14. The predicted octanol–water partition coefficient (Wildman–Crippen LogP) is 2.39. The highest BCUT2D eigenvalue weighted by atomic mass is 32.2. The molecule has 0 saturated carbocycles. The van der Waals surface area contributed by atoms with Gasteiger partial charge < -0.3 is 0 Å². The van der Waals surface area contributed by atoms with Gasteiger partial charge in [-0.2, -0.15) is 0 Å². The number of hydrogen-bond acceptors (Lipinski definition) is 5. The lowest BCUT2D eigenvalue weighted by atomic mass is 10.3. The van der Waals surface area contributed by atoms with Gasteiger partial charge in [0.2, 0.25) is 10.0 Å². The Morgan fingerprint density at radius 2 is 2.19 bits per heavy atom. The van der Waals surface area contributed by atoms with Crippen LogP contribution in [0, 0.1) is 6.92 Å². The largest absolute Gasteiger partial charge is 0.264 e. The van der Waals surface area contributed by atoms with Gasteiger partial charge in [-0.25, -0.2) is 18.1 Å². The lowest BCUT2D eigenvalue weighted by molar-refractivity contribution is 0.580. The number of sulfonamides is 1. The van der Waals surface area contributed by atoms with E-state index in [9.17, 15) is 8.42 Å². The molecule has 2 aromatic rings. The van der Waals surface area contributed by atoms with Gasteiger partial charge in [-0.1, -0.05) is 6.92 Å². The van der Waals surface area contributed by atoms with Crippen LogP contribution < -0.4 is 4.72 Å². The van der Waals surface area contributed by atoms with Gasteiger partial charge in [0.25, 0.3) is 0 Å². The molecule has 0 aliphatic carbocycles. The predicted molar refractivity (Wildman–Crippen MR) is 85.9 cm³/mol. The highest BCUT2D eigenvalue weighted by Crippen LogP contribution is 2.27. The summed E-state index contributed by atoms with van der Waals surface area (Å²) in [6, 6.07) is 3.85. The van der Waals surface area contributed by atoms with Crippen LogP contribution in [-0.2, 0) is 16.4 Å². The number of aryl methyl sites for hydroxylation is 1. The summed E-state index contributed by atoms with van der Waals surface area (Å²) in [7, 11) is -3.14. The first-order chi connectivity index (χ1) is 10.0. The van der Waals surface area contributed by atoms with E-state index in [1.54, 1.807) is 23.7 Å². The second-order valence-corrected chi connectivity index (χ2v) is 7.74. The van der Waals surface area contributed by atoms with Gasteiger partial charge in [0.15, 0.2) is 0 Å². The molecule has 0 aromatic carbocycles. The number of aromatic nitrogens is 2. The summed E-state index contributed by atoms with van der Waals surface area (Å²) in [5.74, 6) is 0.176. The Balaban J connectivity index is 2.01. The smallest absolute Gasteiger partial charge is 0.211 e. The lowest BCUT2D eigenvalue weighted by Crippen LogP contribution is -2.28. The Morgan fingerprint density at radius 3 is 2.86 bits per heavy atom. The molecule has 2 heterocycles. The zero-order valence-electron chi connectivity index (χ0n) is 12.2. The third kappa shape index (κ3) is 4.59. The zero-order valence-corrected chi connectivity index (χ0v) is 13.8. The molecule has 0 aliphatic heterocycles. The van der Waals surface area contributed by atoms with Crippen molar-refractivity contribution >= 4 is 21.4 Å². The second kappa shape index (κ2) is 7.11. The Labute approximate surface area is 129 Å². The molecule has 0 saturated heterocycles. The summed E-state index contributed by atoms with van der Waals surface area (Å²) in [6.45, 7) is 4.22. The average Bonchev–Trinajstić information content (AvgIpc) is 2.81. The van der Waals surface area contributed by atoms with Crippen LogP contribution in [0.5, 0.6) is 0 Å². The Hall–Kier alpha value is -1.31. The van der Waals surface area contributed by atoms with Gasteiger partial charge in [-0.3, -0.25) is 4.98 Å². The molecule has 21 heavy (non-hydrogen) atoms. The number of rotatable bonds is 7. The minimum Gasteiger partial charge on any atom is -0.264 e. The molecule has 2 aromatic heterocycles. The fraction of sp³-hybridized carbons (Fsp3) is 0.429. The molecule has 0 fully saturated rings. The molecule has 0 unspecified atom stereocenters. The van der Waals surface area contributed by atoms with E-state index >= 15 is 0 Å². The minimum absolute atomic E-state index is 0.176. The summed E-state index contributed by atoms with van der Waals surface area (Å²) in [6.07, 6.45) is 4.80. The monoisotopic (exact) mass is 325 g/mol. The molecule has 1 N–H and O–H groups in total. The lowest BCUT2D eigenvalue weighted by Gasteiger charge is -2.04. The molecule has 7 heteroatoms.